The fourth-order valence-corrected chi connectivity index (χ4v) is 4.05. The molecule has 1 saturated heterocycles. The first kappa shape index (κ1) is 22.5. The number of ether oxygens (including phenoxy) is 3. The van der Waals surface area contributed by atoms with E-state index < -0.39 is 11.4 Å². The fraction of sp³-hybridized carbons (Fsp3) is 0.500. The molecule has 2 aromatic rings. The quantitative estimate of drug-likeness (QED) is 0.337. The van der Waals surface area contributed by atoms with Crippen LogP contribution in [-0.2, 0) is 24.6 Å². The highest BCUT2D eigenvalue weighted by Gasteiger charge is 2.53. The van der Waals surface area contributed by atoms with E-state index in [1.54, 1.807) is 0 Å². The Hall–Kier alpha value is -2.17. The Morgan fingerprint density at radius 2 is 1.43 bits per heavy atom. The van der Waals surface area contributed by atoms with Crippen LogP contribution in [0.15, 0.2) is 60.7 Å². The molecule has 30 heavy (non-hydrogen) atoms. The molecule has 0 radical (unpaired) electrons. The molecule has 0 aliphatic carbocycles. The van der Waals surface area contributed by atoms with Gasteiger partial charge in [-0.05, 0) is 30.4 Å². The van der Waals surface area contributed by atoms with Gasteiger partial charge in [0.15, 0.2) is 5.79 Å². The second kappa shape index (κ2) is 10.7. The molecule has 0 amide bonds. The van der Waals surface area contributed by atoms with Gasteiger partial charge < -0.3 is 14.2 Å². The molecule has 0 bridgehead atoms. The summed E-state index contributed by atoms with van der Waals surface area (Å²) in [6.45, 7) is 5.22. The van der Waals surface area contributed by atoms with Crippen LogP contribution in [0.2, 0.25) is 0 Å². The van der Waals surface area contributed by atoms with Gasteiger partial charge in [-0.1, -0.05) is 87.4 Å². The van der Waals surface area contributed by atoms with Crippen LogP contribution in [0.3, 0.4) is 0 Å². The van der Waals surface area contributed by atoms with E-state index in [4.69, 9.17) is 14.2 Å². The molecule has 2 aromatic carbocycles. The third kappa shape index (κ3) is 5.30. The summed E-state index contributed by atoms with van der Waals surface area (Å²) in [7, 11) is 0. The molecule has 0 spiro atoms. The van der Waals surface area contributed by atoms with Crippen LogP contribution in [0.1, 0.15) is 69.9 Å². The van der Waals surface area contributed by atoms with Crippen molar-refractivity contribution in [2.75, 3.05) is 13.2 Å². The van der Waals surface area contributed by atoms with Crippen LogP contribution < -0.4 is 0 Å². The van der Waals surface area contributed by atoms with Crippen molar-refractivity contribution in [3.63, 3.8) is 0 Å². The van der Waals surface area contributed by atoms with Crippen LogP contribution in [0.4, 0.5) is 0 Å². The highest BCUT2D eigenvalue weighted by atomic mass is 16.7. The molecule has 1 fully saturated rings. The third-order valence-corrected chi connectivity index (χ3v) is 5.74. The van der Waals surface area contributed by atoms with Gasteiger partial charge in [-0.2, -0.15) is 0 Å². The number of rotatable bonds is 11. The Kier molecular flexibility index (Phi) is 8.06. The minimum Gasteiger partial charge on any atom is -0.466 e. The minimum atomic E-state index is -0.968. The van der Waals surface area contributed by atoms with Gasteiger partial charge in [0.05, 0.1) is 19.6 Å². The molecule has 0 aromatic heterocycles. The largest absolute Gasteiger partial charge is 0.466 e. The highest BCUT2D eigenvalue weighted by molar-refractivity contribution is 5.70. The summed E-state index contributed by atoms with van der Waals surface area (Å²) in [5.74, 6) is -1.22. The standard InChI is InChI=1S/C26H34O4/c1-3-5-19-28-24(27)21-25(29-20-6-4-2)17-18-26(30-25,22-13-9-7-10-14-22)23-15-11-8-12-16-23/h7-16H,3-6,17-21H2,1-2H3. The molecular weight excluding hydrogens is 376 g/mol. The van der Waals surface area contributed by atoms with Crippen LogP contribution in [-0.4, -0.2) is 25.0 Å². The summed E-state index contributed by atoms with van der Waals surface area (Å²) in [6, 6.07) is 20.5. The summed E-state index contributed by atoms with van der Waals surface area (Å²) >= 11 is 0. The van der Waals surface area contributed by atoms with Crippen molar-refractivity contribution in [3.8, 4) is 0 Å². The van der Waals surface area contributed by atoms with Crippen molar-refractivity contribution < 1.29 is 19.0 Å². The molecule has 1 atom stereocenters. The lowest BCUT2D eigenvalue weighted by molar-refractivity contribution is -0.251. The lowest BCUT2D eigenvalue weighted by atomic mass is 9.84. The Morgan fingerprint density at radius 3 is 2.00 bits per heavy atom. The summed E-state index contributed by atoms with van der Waals surface area (Å²) < 4.78 is 18.5. The Labute approximate surface area is 180 Å². The molecule has 1 aliphatic heterocycles. The highest BCUT2D eigenvalue weighted by Crippen LogP contribution is 2.50. The molecule has 162 valence electrons. The minimum absolute atomic E-state index is 0.113. The van der Waals surface area contributed by atoms with E-state index >= 15 is 0 Å². The number of unbranched alkanes of at least 4 members (excludes halogenated alkanes) is 2. The lowest BCUT2D eigenvalue weighted by Gasteiger charge is -2.35. The fourth-order valence-electron chi connectivity index (χ4n) is 4.05. The molecular formula is C26H34O4. The number of carbonyl (C=O) groups is 1. The van der Waals surface area contributed by atoms with Gasteiger partial charge >= 0.3 is 5.97 Å². The van der Waals surface area contributed by atoms with E-state index in [-0.39, 0.29) is 12.4 Å². The van der Waals surface area contributed by atoms with Crippen LogP contribution in [0, 0.1) is 0 Å². The maximum atomic E-state index is 12.6. The first-order valence-electron chi connectivity index (χ1n) is 11.2. The van der Waals surface area contributed by atoms with Gasteiger partial charge in [-0.25, -0.2) is 0 Å². The lowest BCUT2D eigenvalue weighted by Crippen LogP contribution is -2.40. The van der Waals surface area contributed by atoms with Gasteiger partial charge in [0.25, 0.3) is 0 Å². The number of hydrogen-bond donors (Lipinski definition) is 0. The van der Waals surface area contributed by atoms with Gasteiger partial charge in [0.2, 0.25) is 0 Å². The zero-order chi connectivity index (χ0) is 21.3. The molecule has 1 heterocycles. The topological polar surface area (TPSA) is 44.8 Å². The third-order valence-electron chi connectivity index (χ3n) is 5.74. The monoisotopic (exact) mass is 410 g/mol. The number of benzene rings is 2. The van der Waals surface area contributed by atoms with Crippen molar-refractivity contribution in [1.82, 2.24) is 0 Å². The Bertz CT molecular complexity index is 735. The van der Waals surface area contributed by atoms with Crippen molar-refractivity contribution in [2.45, 2.75) is 70.2 Å². The zero-order valence-electron chi connectivity index (χ0n) is 18.3. The van der Waals surface area contributed by atoms with E-state index in [0.717, 1.165) is 43.2 Å². The smallest absolute Gasteiger partial charge is 0.311 e. The normalized spacial score (nSPS) is 20.2. The predicted molar refractivity (Wildman–Crippen MR) is 118 cm³/mol. The average Bonchev–Trinajstić information content (AvgIpc) is 3.16. The van der Waals surface area contributed by atoms with Crippen LogP contribution in [0.5, 0.6) is 0 Å². The van der Waals surface area contributed by atoms with E-state index in [2.05, 4.69) is 38.1 Å². The van der Waals surface area contributed by atoms with Crippen molar-refractivity contribution in [1.29, 1.82) is 0 Å². The maximum Gasteiger partial charge on any atom is 0.311 e. The summed E-state index contributed by atoms with van der Waals surface area (Å²) in [5.41, 5.74) is 1.52. The summed E-state index contributed by atoms with van der Waals surface area (Å²) in [5, 5.41) is 0. The van der Waals surface area contributed by atoms with Gasteiger partial charge in [-0.15, -0.1) is 0 Å². The molecule has 4 heteroatoms. The Morgan fingerprint density at radius 1 is 0.867 bits per heavy atom. The SMILES string of the molecule is CCCCOC(=O)CC1(OCCCC)CCC(c2ccccc2)(c2ccccc2)O1. The number of carbonyl (C=O) groups excluding carboxylic acids is 1. The maximum absolute atomic E-state index is 12.6. The van der Waals surface area contributed by atoms with Gasteiger partial charge in [-0.3, -0.25) is 4.79 Å². The molecule has 0 N–H and O–H groups in total. The Balaban J connectivity index is 1.90. The van der Waals surface area contributed by atoms with Crippen LogP contribution in [0.25, 0.3) is 0 Å². The van der Waals surface area contributed by atoms with Crippen molar-refractivity contribution in [3.05, 3.63) is 71.8 Å². The van der Waals surface area contributed by atoms with E-state index in [1.807, 2.05) is 36.4 Å². The van der Waals surface area contributed by atoms with Crippen molar-refractivity contribution in [2.24, 2.45) is 0 Å². The molecule has 4 nitrogen and oxygen atoms in total. The van der Waals surface area contributed by atoms with E-state index in [1.165, 1.54) is 0 Å². The van der Waals surface area contributed by atoms with E-state index in [0.29, 0.717) is 19.6 Å². The molecule has 0 saturated carbocycles. The number of hydrogen-bond acceptors (Lipinski definition) is 4. The van der Waals surface area contributed by atoms with E-state index in [9.17, 15) is 4.79 Å². The number of esters is 1. The zero-order valence-corrected chi connectivity index (χ0v) is 18.3. The van der Waals surface area contributed by atoms with Crippen LogP contribution >= 0.6 is 0 Å². The average molecular weight is 411 g/mol. The second-order valence-electron chi connectivity index (χ2n) is 8.02. The second-order valence-corrected chi connectivity index (χ2v) is 8.02. The molecule has 3 rings (SSSR count). The predicted octanol–water partition coefficient (Wildman–Crippen LogP) is 5.99. The first-order chi connectivity index (χ1) is 14.6. The summed E-state index contributed by atoms with van der Waals surface area (Å²) in [4.78, 5) is 12.6. The molecule has 1 unspecified atom stereocenters. The first-order valence-corrected chi connectivity index (χ1v) is 11.2. The summed E-state index contributed by atoms with van der Waals surface area (Å²) in [6.07, 6.45) is 5.32. The van der Waals surface area contributed by atoms with Gasteiger partial charge in [0, 0.05) is 6.42 Å². The van der Waals surface area contributed by atoms with Gasteiger partial charge in [0.1, 0.15) is 5.60 Å². The molecule has 1 aliphatic rings. The van der Waals surface area contributed by atoms with Crippen molar-refractivity contribution >= 4 is 5.97 Å².